The number of hydrogen-bond donors (Lipinski definition) is 1. The smallest absolute Gasteiger partial charge is 0.142 e. The van der Waals surface area contributed by atoms with Gasteiger partial charge in [0.1, 0.15) is 17.8 Å². The minimum Gasteiger partial charge on any atom is -0.353 e. The van der Waals surface area contributed by atoms with Gasteiger partial charge in [0, 0.05) is 37.4 Å². The molecule has 1 saturated heterocycles. The molecule has 110 valence electrons. The summed E-state index contributed by atoms with van der Waals surface area (Å²) in [6.07, 6.45) is 10.6. The van der Waals surface area contributed by atoms with E-state index in [9.17, 15) is 0 Å². The second kappa shape index (κ2) is 4.19. The van der Waals surface area contributed by atoms with Crippen LogP contribution in [0.5, 0.6) is 0 Å². The van der Waals surface area contributed by atoms with Crippen molar-refractivity contribution in [2.45, 2.75) is 43.7 Å². The summed E-state index contributed by atoms with van der Waals surface area (Å²) in [5, 5.41) is 1.16. The molecule has 0 bridgehead atoms. The van der Waals surface area contributed by atoms with Crippen LogP contribution in [0.4, 0.5) is 5.82 Å². The number of hydrogen-bond acceptors (Lipinski definition) is 4. The average Bonchev–Trinajstić information content (AvgIpc) is 3.03. The lowest BCUT2D eigenvalue weighted by atomic mass is 9.89. The predicted molar refractivity (Wildman–Crippen MR) is 82.4 cm³/mol. The second-order valence-electron chi connectivity index (χ2n) is 6.86. The van der Waals surface area contributed by atoms with Gasteiger partial charge in [-0.25, -0.2) is 9.97 Å². The van der Waals surface area contributed by atoms with Gasteiger partial charge in [0.15, 0.2) is 0 Å². The van der Waals surface area contributed by atoms with Crippen molar-refractivity contribution in [2.75, 3.05) is 24.5 Å². The van der Waals surface area contributed by atoms with Crippen molar-refractivity contribution in [2.24, 2.45) is 0 Å². The first-order chi connectivity index (χ1) is 10.4. The van der Waals surface area contributed by atoms with E-state index in [1.54, 1.807) is 6.33 Å². The highest BCUT2D eigenvalue weighted by molar-refractivity contribution is 5.87. The van der Waals surface area contributed by atoms with Crippen LogP contribution in [0.2, 0.25) is 0 Å². The molecule has 0 aromatic carbocycles. The van der Waals surface area contributed by atoms with Gasteiger partial charge < -0.3 is 9.88 Å². The molecule has 21 heavy (non-hydrogen) atoms. The molecule has 0 amide bonds. The molecular weight excluding hydrogens is 262 g/mol. The fourth-order valence-corrected chi connectivity index (χ4v) is 4.14. The van der Waals surface area contributed by atoms with Crippen molar-refractivity contribution in [1.82, 2.24) is 19.9 Å². The molecule has 5 nitrogen and oxygen atoms in total. The predicted octanol–water partition coefficient (Wildman–Crippen LogP) is 2.17. The van der Waals surface area contributed by atoms with Crippen LogP contribution in [0, 0.1) is 0 Å². The molecule has 5 heteroatoms. The van der Waals surface area contributed by atoms with Crippen LogP contribution in [0.1, 0.15) is 32.1 Å². The maximum Gasteiger partial charge on any atom is 0.142 e. The summed E-state index contributed by atoms with van der Waals surface area (Å²) in [6.45, 7) is 3.43. The van der Waals surface area contributed by atoms with Crippen LogP contribution in [0.25, 0.3) is 11.0 Å². The van der Waals surface area contributed by atoms with E-state index in [0.717, 1.165) is 36.0 Å². The molecule has 1 N–H and O–H groups in total. The van der Waals surface area contributed by atoms with Crippen LogP contribution in [0.15, 0.2) is 18.6 Å². The first-order valence-electron chi connectivity index (χ1n) is 8.16. The number of H-pyrrole nitrogens is 1. The quantitative estimate of drug-likeness (QED) is 0.917. The van der Waals surface area contributed by atoms with Crippen molar-refractivity contribution < 1.29 is 0 Å². The molecule has 2 aromatic rings. The number of anilines is 1. The summed E-state index contributed by atoms with van der Waals surface area (Å²) in [5.74, 6) is 1.11. The highest BCUT2D eigenvalue weighted by Gasteiger charge is 2.54. The fraction of sp³-hybridized carbons (Fsp3) is 0.625. The van der Waals surface area contributed by atoms with Gasteiger partial charge in [-0.2, -0.15) is 0 Å². The van der Waals surface area contributed by atoms with E-state index < -0.39 is 0 Å². The summed E-state index contributed by atoms with van der Waals surface area (Å²) in [4.78, 5) is 17.4. The molecule has 2 aliphatic carbocycles. The highest BCUT2D eigenvalue weighted by atomic mass is 15.4. The molecule has 0 atom stereocenters. The van der Waals surface area contributed by atoms with Crippen molar-refractivity contribution in [3.8, 4) is 0 Å². The van der Waals surface area contributed by atoms with Gasteiger partial charge in [-0.15, -0.1) is 0 Å². The summed E-state index contributed by atoms with van der Waals surface area (Å²) in [6, 6.07) is 2.97. The van der Waals surface area contributed by atoms with Crippen molar-refractivity contribution in [1.29, 1.82) is 0 Å². The van der Waals surface area contributed by atoms with E-state index in [0.29, 0.717) is 5.54 Å². The Kier molecular flexibility index (Phi) is 2.39. The van der Waals surface area contributed by atoms with Crippen LogP contribution in [-0.2, 0) is 0 Å². The Morgan fingerprint density at radius 1 is 1.19 bits per heavy atom. The van der Waals surface area contributed by atoms with Crippen LogP contribution >= 0.6 is 0 Å². The van der Waals surface area contributed by atoms with Gasteiger partial charge >= 0.3 is 0 Å². The Morgan fingerprint density at radius 3 is 2.86 bits per heavy atom. The van der Waals surface area contributed by atoms with Gasteiger partial charge in [0.05, 0.1) is 5.39 Å². The maximum atomic E-state index is 4.58. The van der Waals surface area contributed by atoms with E-state index in [2.05, 4.69) is 30.8 Å². The van der Waals surface area contributed by atoms with E-state index in [1.807, 2.05) is 6.20 Å². The Hall–Kier alpha value is -1.62. The minimum absolute atomic E-state index is 0.455. The lowest BCUT2D eigenvalue weighted by Gasteiger charge is -2.49. The van der Waals surface area contributed by atoms with E-state index in [1.165, 1.54) is 38.6 Å². The van der Waals surface area contributed by atoms with E-state index in [-0.39, 0.29) is 0 Å². The van der Waals surface area contributed by atoms with Crippen molar-refractivity contribution >= 4 is 16.9 Å². The third kappa shape index (κ3) is 1.73. The van der Waals surface area contributed by atoms with Gasteiger partial charge in [-0.05, 0) is 31.7 Å². The average molecular weight is 283 g/mol. The molecule has 0 unspecified atom stereocenters. The lowest BCUT2D eigenvalue weighted by molar-refractivity contribution is 0.0555. The standard InChI is InChI=1S/C16H21N5/c1-2-12(3-1)21-9-8-20(10-16(21)5-6-16)15-13-4-7-17-14(13)18-11-19-15/h4,7,11-12H,1-3,5-6,8-10H2,(H,17,18,19). The number of nitrogens with zero attached hydrogens (tertiary/aromatic N) is 4. The Morgan fingerprint density at radius 2 is 2.10 bits per heavy atom. The molecule has 0 radical (unpaired) electrons. The molecule has 2 saturated carbocycles. The van der Waals surface area contributed by atoms with Crippen LogP contribution < -0.4 is 4.90 Å². The monoisotopic (exact) mass is 283 g/mol. The Labute approximate surface area is 124 Å². The zero-order valence-corrected chi connectivity index (χ0v) is 12.3. The number of rotatable bonds is 2. The zero-order chi connectivity index (χ0) is 13.9. The van der Waals surface area contributed by atoms with Crippen molar-refractivity contribution in [3.05, 3.63) is 18.6 Å². The largest absolute Gasteiger partial charge is 0.353 e. The Balaban J connectivity index is 1.45. The summed E-state index contributed by atoms with van der Waals surface area (Å²) in [7, 11) is 0. The zero-order valence-electron chi connectivity index (χ0n) is 12.3. The molecule has 1 spiro atoms. The SMILES string of the molecule is c1nc(N2CCN(C3CCC3)C3(CC3)C2)c2cc[nH]c2n1. The molecule has 3 heterocycles. The number of fused-ring (bicyclic) bond motifs is 1. The summed E-state index contributed by atoms with van der Waals surface area (Å²) in [5.41, 5.74) is 1.41. The maximum absolute atomic E-state index is 4.58. The third-order valence-corrected chi connectivity index (χ3v) is 5.68. The number of aromatic nitrogens is 3. The van der Waals surface area contributed by atoms with Gasteiger partial charge in [-0.1, -0.05) is 6.42 Å². The van der Waals surface area contributed by atoms with Gasteiger partial charge in [0.2, 0.25) is 0 Å². The first-order valence-corrected chi connectivity index (χ1v) is 8.16. The van der Waals surface area contributed by atoms with Crippen LogP contribution in [0.3, 0.4) is 0 Å². The number of aromatic amines is 1. The van der Waals surface area contributed by atoms with Gasteiger partial charge in [0.25, 0.3) is 0 Å². The van der Waals surface area contributed by atoms with E-state index >= 15 is 0 Å². The molecule has 5 rings (SSSR count). The normalized spacial score (nSPS) is 25.4. The molecular formula is C16H21N5. The van der Waals surface area contributed by atoms with Crippen molar-refractivity contribution in [3.63, 3.8) is 0 Å². The second-order valence-corrected chi connectivity index (χ2v) is 6.86. The number of nitrogens with one attached hydrogen (secondary N) is 1. The highest BCUT2D eigenvalue weighted by Crippen LogP contribution is 2.48. The minimum atomic E-state index is 0.455. The lowest BCUT2D eigenvalue weighted by Crippen LogP contribution is -2.60. The third-order valence-electron chi connectivity index (χ3n) is 5.68. The fourth-order valence-electron chi connectivity index (χ4n) is 4.14. The molecule has 2 aromatic heterocycles. The topological polar surface area (TPSA) is 48.1 Å². The van der Waals surface area contributed by atoms with Crippen LogP contribution in [-0.4, -0.2) is 51.1 Å². The first kappa shape index (κ1) is 12.0. The molecule has 3 fully saturated rings. The molecule has 3 aliphatic rings. The summed E-state index contributed by atoms with van der Waals surface area (Å²) >= 11 is 0. The summed E-state index contributed by atoms with van der Waals surface area (Å²) < 4.78 is 0. The molecule has 1 aliphatic heterocycles. The Bertz CT molecular complexity index is 670. The number of piperazine rings is 1. The van der Waals surface area contributed by atoms with Gasteiger partial charge in [-0.3, -0.25) is 4.90 Å². The van der Waals surface area contributed by atoms with E-state index in [4.69, 9.17) is 0 Å².